The first-order chi connectivity index (χ1) is 8.40. The molecule has 18 heavy (non-hydrogen) atoms. The molecule has 0 fully saturated rings. The highest BCUT2D eigenvalue weighted by Gasteiger charge is 2.25. The lowest BCUT2D eigenvalue weighted by molar-refractivity contribution is -0.384. The molecule has 0 amide bonds. The lowest BCUT2D eigenvalue weighted by atomic mass is 10.2. The smallest absolute Gasteiger partial charge is 0.364 e. The molecule has 5 nitrogen and oxygen atoms in total. The van der Waals surface area contributed by atoms with Gasteiger partial charge in [-0.05, 0) is 18.9 Å². The van der Waals surface area contributed by atoms with Gasteiger partial charge in [-0.2, -0.15) is 13.2 Å². The first-order valence-electron chi connectivity index (χ1n) is 5.30. The van der Waals surface area contributed by atoms with Gasteiger partial charge in [0, 0.05) is 25.2 Å². The SMILES string of the molecule is O=[N+]([O-])c1cccnc1NCCCCC(F)(F)F. The van der Waals surface area contributed by atoms with E-state index in [1.807, 2.05) is 0 Å². The predicted molar refractivity (Wildman–Crippen MR) is 59.3 cm³/mol. The van der Waals surface area contributed by atoms with Crippen molar-refractivity contribution in [3.63, 3.8) is 0 Å². The summed E-state index contributed by atoms with van der Waals surface area (Å²) in [6.45, 7) is 0.216. The number of hydrogen-bond acceptors (Lipinski definition) is 4. The van der Waals surface area contributed by atoms with Crippen LogP contribution in [0.15, 0.2) is 18.3 Å². The number of nitrogens with one attached hydrogen (secondary N) is 1. The zero-order chi connectivity index (χ0) is 13.6. The van der Waals surface area contributed by atoms with Gasteiger partial charge in [0.15, 0.2) is 0 Å². The standard InChI is InChI=1S/C10H12F3N3O2/c11-10(12,13)5-1-2-6-14-9-8(16(17)18)4-3-7-15-9/h3-4,7H,1-2,5-6H2,(H,14,15). The Morgan fingerprint density at radius 3 is 2.72 bits per heavy atom. The molecule has 1 rings (SSSR count). The average Bonchev–Trinajstić information content (AvgIpc) is 2.27. The first-order valence-corrected chi connectivity index (χ1v) is 5.30. The second kappa shape index (κ2) is 6.18. The lowest BCUT2D eigenvalue weighted by Crippen LogP contribution is -2.09. The minimum atomic E-state index is -4.16. The van der Waals surface area contributed by atoms with Crippen molar-refractivity contribution in [3.8, 4) is 0 Å². The first kappa shape index (κ1) is 14.2. The minimum Gasteiger partial charge on any atom is -0.364 e. The van der Waals surface area contributed by atoms with E-state index in [-0.39, 0.29) is 30.9 Å². The van der Waals surface area contributed by atoms with Crippen molar-refractivity contribution in [2.24, 2.45) is 0 Å². The minimum absolute atomic E-state index is 0.0167. The Morgan fingerprint density at radius 2 is 2.11 bits per heavy atom. The van der Waals surface area contributed by atoms with E-state index in [4.69, 9.17) is 0 Å². The Morgan fingerprint density at radius 1 is 1.39 bits per heavy atom. The Labute approximate surface area is 101 Å². The van der Waals surface area contributed by atoms with Crippen molar-refractivity contribution in [1.82, 2.24) is 4.98 Å². The highest BCUT2D eigenvalue weighted by Crippen LogP contribution is 2.23. The summed E-state index contributed by atoms with van der Waals surface area (Å²) in [4.78, 5) is 13.8. The van der Waals surface area contributed by atoms with Crippen molar-refractivity contribution >= 4 is 11.5 Å². The van der Waals surface area contributed by atoms with Crippen LogP contribution in [0.1, 0.15) is 19.3 Å². The van der Waals surface area contributed by atoms with Gasteiger partial charge in [-0.3, -0.25) is 10.1 Å². The highest BCUT2D eigenvalue weighted by molar-refractivity contribution is 5.54. The van der Waals surface area contributed by atoms with Crippen LogP contribution in [0.25, 0.3) is 0 Å². The zero-order valence-corrected chi connectivity index (χ0v) is 9.41. The van der Waals surface area contributed by atoms with Gasteiger partial charge in [0.05, 0.1) is 4.92 Å². The van der Waals surface area contributed by atoms with Crippen LogP contribution >= 0.6 is 0 Å². The Bertz CT molecular complexity index is 410. The van der Waals surface area contributed by atoms with Crippen molar-refractivity contribution < 1.29 is 18.1 Å². The molecule has 0 atom stereocenters. The third-order valence-electron chi connectivity index (χ3n) is 2.16. The molecule has 1 aromatic heterocycles. The number of pyridine rings is 1. The fraction of sp³-hybridized carbons (Fsp3) is 0.500. The average molecular weight is 263 g/mol. The number of nitro groups is 1. The van der Waals surface area contributed by atoms with E-state index in [0.29, 0.717) is 0 Å². The van der Waals surface area contributed by atoms with Crippen molar-refractivity contribution in [1.29, 1.82) is 0 Å². The maximum absolute atomic E-state index is 11.9. The van der Waals surface area contributed by atoms with Crippen LogP contribution in [0.3, 0.4) is 0 Å². The summed E-state index contributed by atoms with van der Waals surface area (Å²) in [5, 5.41) is 13.3. The van der Waals surface area contributed by atoms with Crippen LogP contribution in [-0.2, 0) is 0 Å². The van der Waals surface area contributed by atoms with Crippen molar-refractivity contribution in [3.05, 3.63) is 28.4 Å². The molecule has 100 valence electrons. The van der Waals surface area contributed by atoms with E-state index in [1.165, 1.54) is 18.3 Å². The highest BCUT2D eigenvalue weighted by atomic mass is 19.4. The van der Waals surface area contributed by atoms with Gasteiger partial charge in [0.25, 0.3) is 0 Å². The van der Waals surface area contributed by atoms with Crippen LogP contribution in [-0.4, -0.2) is 22.6 Å². The summed E-state index contributed by atoms with van der Waals surface area (Å²) in [6, 6.07) is 2.71. The molecule has 0 aliphatic carbocycles. The summed E-state index contributed by atoms with van der Waals surface area (Å²) < 4.78 is 35.6. The van der Waals surface area contributed by atoms with Crippen LogP contribution in [0.2, 0.25) is 0 Å². The number of alkyl halides is 3. The molecule has 1 N–H and O–H groups in total. The molecule has 0 aromatic carbocycles. The van der Waals surface area contributed by atoms with Gasteiger partial charge < -0.3 is 5.32 Å². The molecule has 0 radical (unpaired) electrons. The molecule has 0 spiro atoms. The van der Waals surface area contributed by atoms with Crippen molar-refractivity contribution in [2.45, 2.75) is 25.4 Å². The Balaban J connectivity index is 2.38. The Kier molecular flexibility index (Phi) is 4.87. The fourth-order valence-corrected chi connectivity index (χ4v) is 1.34. The predicted octanol–water partition coefficient (Wildman–Crippen LogP) is 3.13. The monoisotopic (exact) mass is 263 g/mol. The number of anilines is 1. The maximum Gasteiger partial charge on any atom is 0.389 e. The summed E-state index contributed by atoms with van der Waals surface area (Å²) in [7, 11) is 0. The number of nitrogens with zero attached hydrogens (tertiary/aromatic N) is 2. The number of unbranched alkanes of at least 4 members (excludes halogenated alkanes) is 1. The van der Waals surface area contributed by atoms with E-state index >= 15 is 0 Å². The molecule has 0 bridgehead atoms. The second-order valence-corrected chi connectivity index (χ2v) is 3.63. The van der Waals surface area contributed by atoms with Crippen LogP contribution in [0.5, 0.6) is 0 Å². The maximum atomic E-state index is 11.9. The molecular weight excluding hydrogens is 251 g/mol. The van der Waals surface area contributed by atoms with Gasteiger partial charge in [0.2, 0.25) is 5.82 Å². The summed E-state index contributed by atoms with van der Waals surface area (Å²) in [5.74, 6) is 0.0782. The largest absolute Gasteiger partial charge is 0.389 e. The molecule has 0 saturated heterocycles. The lowest BCUT2D eigenvalue weighted by Gasteiger charge is -2.07. The third kappa shape index (κ3) is 4.98. The molecule has 1 heterocycles. The normalized spacial score (nSPS) is 11.3. The van der Waals surface area contributed by atoms with Gasteiger partial charge in [-0.15, -0.1) is 0 Å². The van der Waals surface area contributed by atoms with Crippen LogP contribution in [0, 0.1) is 10.1 Å². The molecular formula is C10H12F3N3O2. The van der Waals surface area contributed by atoms with E-state index in [1.54, 1.807) is 0 Å². The quantitative estimate of drug-likeness (QED) is 0.486. The number of hydrogen-bond donors (Lipinski definition) is 1. The van der Waals surface area contributed by atoms with Crippen molar-refractivity contribution in [2.75, 3.05) is 11.9 Å². The fourth-order valence-electron chi connectivity index (χ4n) is 1.34. The van der Waals surface area contributed by atoms with E-state index < -0.39 is 17.5 Å². The zero-order valence-electron chi connectivity index (χ0n) is 9.41. The van der Waals surface area contributed by atoms with E-state index in [2.05, 4.69) is 10.3 Å². The van der Waals surface area contributed by atoms with Gasteiger partial charge >= 0.3 is 11.9 Å². The van der Waals surface area contributed by atoms with E-state index in [9.17, 15) is 23.3 Å². The summed E-state index contributed by atoms with van der Waals surface area (Å²) in [6.07, 6.45) is -3.37. The van der Waals surface area contributed by atoms with E-state index in [0.717, 1.165) is 0 Å². The summed E-state index contributed by atoms with van der Waals surface area (Å²) in [5.41, 5.74) is -0.187. The number of rotatable bonds is 6. The molecule has 0 aliphatic heterocycles. The second-order valence-electron chi connectivity index (χ2n) is 3.63. The van der Waals surface area contributed by atoms with Gasteiger partial charge in [0.1, 0.15) is 0 Å². The number of aromatic nitrogens is 1. The summed E-state index contributed by atoms with van der Waals surface area (Å²) >= 11 is 0. The molecule has 0 aliphatic rings. The molecule has 8 heteroatoms. The van der Waals surface area contributed by atoms with Gasteiger partial charge in [-0.1, -0.05) is 0 Å². The van der Waals surface area contributed by atoms with Gasteiger partial charge in [-0.25, -0.2) is 4.98 Å². The third-order valence-corrected chi connectivity index (χ3v) is 2.16. The number of halogens is 3. The Hall–Kier alpha value is -1.86. The molecule has 0 unspecified atom stereocenters. The topological polar surface area (TPSA) is 68.1 Å². The van der Waals surface area contributed by atoms with Crippen LogP contribution < -0.4 is 5.32 Å². The molecule has 1 aromatic rings. The molecule has 0 saturated carbocycles. The van der Waals surface area contributed by atoms with Crippen LogP contribution in [0.4, 0.5) is 24.7 Å².